The van der Waals surface area contributed by atoms with Crippen molar-refractivity contribution in [1.82, 2.24) is 10.6 Å². The van der Waals surface area contributed by atoms with Gasteiger partial charge in [-0.3, -0.25) is 14.4 Å². The van der Waals surface area contributed by atoms with Crippen molar-refractivity contribution in [1.29, 1.82) is 0 Å². The molecule has 1 unspecified atom stereocenters. The lowest BCUT2D eigenvalue weighted by Crippen LogP contribution is -2.49. The number of methoxy groups -OCH3 is 1. The largest absolute Gasteiger partial charge is 0.496 e. The average molecular weight is 650 g/mol. The molecule has 43 heavy (non-hydrogen) atoms. The highest BCUT2D eigenvalue weighted by Gasteiger charge is 2.27. The fourth-order valence-corrected chi connectivity index (χ4v) is 5.25. The van der Waals surface area contributed by atoms with Gasteiger partial charge < -0.3 is 25.2 Å². The molecule has 0 saturated carbocycles. The first-order chi connectivity index (χ1) is 20.7. The Bertz CT molecular complexity index is 1630. The van der Waals surface area contributed by atoms with Gasteiger partial charge in [0.15, 0.2) is 0 Å². The Morgan fingerprint density at radius 2 is 1.70 bits per heavy atom. The quantitative estimate of drug-likeness (QED) is 0.193. The van der Waals surface area contributed by atoms with Crippen molar-refractivity contribution in [3.8, 4) is 5.75 Å². The third-order valence-corrected chi connectivity index (χ3v) is 7.72. The Labute approximate surface area is 258 Å². The molecule has 0 bridgehead atoms. The molecule has 0 aliphatic heterocycles. The third kappa shape index (κ3) is 7.21. The van der Waals surface area contributed by atoms with Crippen molar-refractivity contribution in [2.45, 2.75) is 32.5 Å². The summed E-state index contributed by atoms with van der Waals surface area (Å²) in [6, 6.07) is 21.4. The van der Waals surface area contributed by atoms with Crippen LogP contribution in [0.3, 0.4) is 0 Å². The topological polar surface area (TPSA) is 91.0 Å². The van der Waals surface area contributed by atoms with Gasteiger partial charge in [-0.1, -0.05) is 52.3 Å². The molecule has 0 radical (unpaired) electrons. The minimum absolute atomic E-state index is 0.0185. The number of carbonyl (C=O) groups excluding carboxylic acids is 3. The molecule has 0 fully saturated rings. The standard InChI is InChI=1S/C33H34BrFN4O4/c1-21(37-32(41)22(2)36-3)18-39(33(42)26-9-5-6-10-28(26)35)30-12-8-7-11-29(30)38(20-40)19-27-25-15-14-24(34)17-23(25)13-16-31(27)43-4/h5-17,20-22,36H,18-19H2,1-4H3,(H,37,41)/t21?,22-/m0/s1. The SMILES string of the molecule is CN[C@@H](C)C(=O)NC(C)CN(C(=O)c1ccccc1F)c1ccccc1N(C=O)Cc1c(OC)ccc2cc(Br)ccc12. The molecule has 8 nitrogen and oxygen atoms in total. The van der Waals surface area contributed by atoms with E-state index in [0.29, 0.717) is 23.5 Å². The first kappa shape index (κ1) is 31.7. The summed E-state index contributed by atoms with van der Waals surface area (Å²) in [5.41, 5.74) is 1.47. The van der Waals surface area contributed by atoms with Gasteiger partial charge in [0, 0.05) is 22.6 Å². The zero-order valence-electron chi connectivity index (χ0n) is 24.4. The molecule has 4 rings (SSSR count). The van der Waals surface area contributed by atoms with Gasteiger partial charge in [0.25, 0.3) is 5.91 Å². The van der Waals surface area contributed by atoms with E-state index in [2.05, 4.69) is 26.6 Å². The van der Waals surface area contributed by atoms with Crippen LogP contribution in [0.1, 0.15) is 29.8 Å². The zero-order chi connectivity index (χ0) is 31.1. The number of hydrogen-bond donors (Lipinski definition) is 2. The molecule has 0 aliphatic carbocycles. The van der Waals surface area contributed by atoms with Crippen LogP contribution < -0.4 is 25.2 Å². The smallest absolute Gasteiger partial charge is 0.261 e. The van der Waals surface area contributed by atoms with E-state index in [-0.39, 0.29) is 24.6 Å². The van der Waals surface area contributed by atoms with E-state index in [1.54, 1.807) is 58.3 Å². The fraction of sp³-hybridized carbons (Fsp3) is 0.242. The predicted molar refractivity (Wildman–Crippen MR) is 171 cm³/mol. The van der Waals surface area contributed by atoms with Gasteiger partial charge in [-0.15, -0.1) is 0 Å². The van der Waals surface area contributed by atoms with E-state index in [0.717, 1.165) is 20.8 Å². The lowest BCUT2D eigenvalue weighted by atomic mass is 10.0. The number of rotatable bonds is 12. The molecule has 0 spiro atoms. The summed E-state index contributed by atoms with van der Waals surface area (Å²) in [4.78, 5) is 42.1. The van der Waals surface area contributed by atoms with Crippen LogP contribution >= 0.6 is 15.9 Å². The number of fused-ring (bicyclic) bond motifs is 1. The molecule has 0 aliphatic rings. The second-order valence-corrected chi connectivity index (χ2v) is 11.1. The Morgan fingerprint density at radius 3 is 2.37 bits per heavy atom. The van der Waals surface area contributed by atoms with Gasteiger partial charge in [0.05, 0.1) is 36.6 Å². The number of para-hydroxylation sites is 2. The van der Waals surface area contributed by atoms with Crippen molar-refractivity contribution >= 4 is 56.3 Å². The minimum atomic E-state index is -0.672. The molecule has 2 atom stereocenters. The maximum atomic E-state index is 14.9. The second kappa shape index (κ2) is 14.3. The van der Waals surface area contributed by atoms with E-state index in [1.165, 1.54) is 28.0 Å². The van der Waals surface area contributed by atoms with Gasteiger partial charge >= 0.3 is 0 Å². The minimum Gasteiger partial charge on any atom is -0.496 e. The molecule has 10 heteroatoms. The molecular weight excluding hydrogens is 615 g/mol. The zero-order valence-corrected chi connectivity index (χ0v) is 26.0. The van der Waals surface area contributed by atoms with Crippen molar-refractivity contribution < 1.29 is 23.5 Å². The fourth-order valence-electron chi connectivity index (χ4n) is 4.87. The third-order valence-electron chi connectivity index (χ3n) is 7.23. The van der Waals surface area contributed by atoms with Gasteiger partial charge in [-0.2, -0.15) is 0 Å². The van der Waals surface area contributed by atoms with Crippen LogP contribution in [-0.4, -0.2) is 51.0 Å². The molecule has 4 aromatic rings. The maximum Gasteiger partial charge on any atom is 0.261 e. The molecular formula is C33H34BrFN4O4. The van der Waals surface area contributed by atoms with E-state index in [9.17, 15) is 18.8 Å². The summed E-state index contributed by atoms with van der Waals surface area (Å²) < 4.78 is 21.5. The van der Waals surface area contributed by atoms with E-state index in [4.69, 9.17) is 4.74 Å². The number of carbonyl (C=O) groups is 3. The van der Waals surface area contributed by atoms with Crippen LogP contribution in [0.25, 0.3) is 10.8 Å². The molecule has 224 valence electrons. The van der Waals surface area contributed by atoms with Crippen LogP contribution in [-0.2, 0) is 16.1 Å². The molecule has 0 saturated heterocycles. The van der Waals surface area contributed by atoms with Crippen LogP contribution in [0.2, 0.25) is 0 Å². The number of benzene rings is 4. The first-order valence-electron chi connectivity index (χ1n) is 13.8. The number of halogens is 2. The Morgan fingerprint density at radius 1 is 1.00 bits per heavy atom. The number of nitrogens with zero attached hydrogens (tertiary/aromatic N) is 2. The van der Waals surface area contributed by atoms with Crippen molar-refractivity contribution in [3.63, 3.8) is 0 Å². The van der Waals surface area contributed by atoms with E-state index in [1.807, 2.05) is 30.3 Å². The van der Waals surface area contributed by atoms with Gasteiger partial charge in [-0.05, 0) is 74.1 Å². The molecule has 4 aromatic carbocycles. The van der Waals surface area contributed by atoms with Crippen LogP contribution in [0.5, 0.6) is 5.75 Å². The van der Waals surface area contributed by atoms with Crippen molar-refractivity contribution in [2.75, 3.05) is 30.5 Å². The summed E-state index contributed by atoms with van der Waals surface area (Å²) in [6.07, 6.45) is 0.696. The number of ether oxygens (including phenoxy) is 1. The first-order valence-corrected chi connectivity index (χ1v) is 14.6. The van der Waals surface area contributed by atoms with Gasteiger partial charge in [0.1, 0.15) is 11.6 Å². The Balaban J connectivity index is 1.79. The summed E-state index contributed by atoms with van der Waals surface area (Å²) in [7, 11) is 3.25. The number of anilines is 2. The number of amides is 3. The monoisotopic (exact) mass is 648 g/mol. The summed E-state index contributed by atoms with van der Waals surface area (Å²) >= 11 is 3.51. The van der Waals surface area contributed by atoms with E-state index < -0.39 is 23.8 Å². The summed E-state index contributed by atoms with van der Waals surface area (Å²) in [5.74, 6) is -0.916. The normalized spacial score (nSPS) is 12.3. The maximum absolute atomic E-state index is 14.9. The van der Waals surface area contributed by atoms with Crippen molar-refractivity contribution in [2.24, 2.45) is 0 Å². The highest BCUT2D eigenvalue weighted by Crippen LogP contribution is 2.35. The van der Waals surface area contributed by atoms with Gasteiger partial charge in [-0.25, -0.2) is 4.39 Å². The highest BCUT2D eigenvalue weighted by atomic mass is 79.9. The molecule has 2 N–H and O–H groups in total. The van der Waals surface area contributed by atoms with E-state index >= 15 is 0 Å². The number of nitrogens with one attached hydrogen (secondary N) is 2. The molecule has 0 aromatic heterocycles. The number of likely N-dealkylation sites (N-methyl/N-ethyl adjacent to an activating group) is 1. The van der Waals surface area contributed by atoms with Crippen molar-refractivity contribution in [3.05, 3.63) is 100 Å². The lowest BCUT2D eigenvalue weighted by Gasteiger charge is -2.31. The highest BCUT2D eigenvalue weighted by molar-refractivity contribution is 9.10. The van der Waals surface area contributed by atoms with Crippen LogP contribution in [0.15, 0.2) is 83.3 Å². The lowest BCUT2D eigenvalue weighted by molar-refractivity contribution is -0.123. The second-order valence-electron chi connectivity index (χ2n) is 10.1. The number of hydrogen-bond acceptors (Lipinski definition) is 5. The summed E-state index contributed by atoms with van der Waals surface area (Å²) in [5, 5.41) is 7.65. The molecule has 0 heterocycles. The summed E-state index contributed by atoms with van der Waals surface area (Å²) in [6.45, 7) is 3.64. The molecule has 3 amide bonds. The Hall–Kier alpha value is -4.28. The van der Waals surface area contributed by atoms with Crippen LogP contribution in [0, 0.1) is 5.82 Å². The Kier molecular flexibility index (Phi) is 10.5. The van der Waals surface area contributed by atoms with Crippen LogP contribution in [0.4, 0.5) is 15.8 Å². The predicted octanol–water partition coefficient (Wildman–Crippen LogP) is 5.67. The average Bonchev–Trinajstić information content (AvgIpc) is 3.01. The van der Waals surface area contributed by atoms with Gasteiger partial charge in [0.2, 0.25) is 12.3 Å².